The van der Waals surface area contributed by atoms with E-state index >= 15 is 0 Å². The molecular weight excluding hydrogens is 421 g/mol. The Hall–Kier alpha value is -2.89. The monoisotopic (exact) mass is 441 g/mol. The third-order valence-corrected chi connectivity index (χ3v) is 4.10. The summed E-state index contributed by atoms with van der Waals surface area (Å²) in [6, 6.07) is 5.35. The van der Waals surface area contributed by atoms with E-state index in [1.807, 2.05) is 39.2 Å². The van der Waals surface area contributed by atoms with Crippen LogP contribution in [0.2, 0.25) is 0 Å². The van der Waals surface area contributed by atoms with Crippen molar-refractivity contribution in [2.75, 3.05) is 0 Å². The second-order valence-electron chi connectivity index (χ2n) is 8.39. The number of rotatable bonds is 9. The number of halogens is 3. The molecule has 0 aliphatic carbocycles. The van der Waals surface area contributed by atoms with Gasteiger partial charge in [-0.1, -0.05) is 5.21 Å². The molecule has 0 amide bonds. The van der Waals surface area contributed by atoms with Gasteiger partial charge in [-0.25, -0.2) is 14.1 Å². The quantitative estimate of drug-likeness (QED) is 0.335. The zero-order valence-corrected chi connectivity index (χ0v) is 18.3. The molecule has 0 saturated heterocycles. The Balaban J connectivity index is 1.70. The lowest BCUT2D eigenvalue weighted by Gasteiger charge is -2.34. The first-order chi connectivity index (χ1) is 14.9. The van der Waals surface area contributed by atoms with Crippen molar-refractivity contribution < 1.29 is 27.4 Å². The van der Waals surface area contributed by atoms with Crippen LogP contribution in [0.3, 0.4) is 0 Å². The zero-order chi connectivity index (χ0) is 23.5. The third kappa shape index (κ3) is 6.31. The number of alkyl halides is 2. The summed E-state index contributed by atoms with van der Waals surface area (Å²) < 4.78 is 55.6. The van der Waals surface area contributed by atoms with Gasteiger partial charge >= 0.3 is 12.6 Å². The fourth-order valence-electron chi connectivity index (χ4n) is 3.01. The molecular formula is C16H19B5F3N5O3. The van der Waals surface area contributed by atoms with E-state index in [2.05, 4.69) is 25.0 Å². The first-order valence-electron chi connectivity index (χ1n) is 9.75. The Bertz CT molecular complexity index is 1080. The van der Waals surface area contributed by atoms with Crippen LogP contribution in [-0.2, 0) is 16.7 Å². The molecule has 8 nitrogen and oxygen atoms in total. The second-order valence-corrected chi connectivity index (χ2v) is 8.39. The van der Waals surface area contributed by atoms with Gasteiger partial charge in [0.05, 0.1) is 17.6 Å². The topological polar surface area (TPSA) is 84.2 Å². The van der Waals surface area contributed by atoms with Gasteiger partial charge in [-0.3, -0.25) is 0 Å². The molecule has 0 bridgehead atoms. The van der Waals surface area contributed by atoms with Crippen LogP contribution in [0.4, 0.5) is 13.2 Å². The molecule has 0 atom stereocenters. The molecule has 3 rings (SSSR count). The number of benzene rings is 1. The SMILES string of the molecule is BC(B)(B)OC(B)(B)c1ccnc(OCc2cn(-c3ccc(F)c(OC(F)F)c3)nn2)n1. The van der Waals surface area contributed by atoms with E-state index in [1.165, 1.54) is 16.9 Å². The van der Waals surface area contributed by atoms with Crippen LogP contribution in [-0.4, -0.2) is 76.1 Å². The standard InChI is InChI=1S/C16H19B5F3N5O3/c17-15(18,32-16(19,20)21)12-3-4-25-14(26-12)30-7-8-6-29(28-27-8)9-1-2-10(22)11(5-9)31-13(23)24/h1-6,13H,7,17-21H2. The van der Waals surface area contributed by atoms with E-state index in [1.54, 1.807) is 12.3 Å². The van der Waals surface area contributed by atoms with Crippen LogP contribution >= 0.6 is 0 Å². The molecule has 3 aromatic rings. The predicted molar refractivity (Wildman–Crippen MR) is 123 cm³/mol. The minimum atomic E-state index is -3.14. The Labute approximate surface area is 187 Å². The molecule has 1 aromatic carbocycles. The summed E-state index contributed by atoms with van der Waals surface area (Å²) in [7, 11) is 9.69. The van der Waals surface area contributed by atoms with Gasteiger partial charge in [-0.2, -0.15) is 13.8 Å². The van der Waals surface area contributed by atoms with Crippen LogP contribution in [0.25, 0.3) is 5.69 Å². The zero-order valence-electron chi connectivity index (χ0n) is 18.3. The number of hydrogen-bond donors (Lipinski definition) is 0. The average Bonchev–Trinajstić information content (AvgIpc) is 3.15. The van der Waals surface area contributed by atoms with Crippen molar-refractivity contribution in [1.82, 2.24) is 25.0 Å². The van der Waals surface area contributed by atoms with Crippen LogP contribution < -0.4 is 9.47 Å². The Morgan fingerprint density at radius 3 is 2.53 bits per heavy atom. The maximum atomic E-state index is 13.6. The molecule has 0 radical (unpaired) electrons. The molecule has 0 aliphatic rings. The van der Waals surface area contributed by atoms with E-state index < -0.39 is 23.6 Å². The van der Waals surface area contributed by atoms with E-state index in [0.717, 1.165) is 12.1 Å². The highest BCUT2D eigenvalue weighted by Gasteiger charge is 2.29. The molecule has 0 saturated carbocycles. The highest BCUT2D eigenvalue weighted by molar-refractivity contribution is 6.58. The maximum absolute atomic E-state index is 13.6. The van der Waals surface area contributed by atoms with Crippen LogP contribution in [0.15, 0.2) is 36.7 Å². The predicted octanol–water partition coefficient (Wildman–Crippen LogP) is -2.72. The first kappa shape index (κ1) is 23.8. The van der Waals surface area contributed by atoms with Gasteiger partial charge in [0.2, 0.25) is 0 Å². The summed E-state index contributed by atoms with van der Waals surface area (Å²) in [5.41, 5.74) is 1.36. The second kappa shape index (κ2) is 9.31. The van der Waals surface area contributed by atoms with E-state index in [-0.39, 0.29) is 17.9 Å². The molecule has 2 heterocycles. The molecule has 16 heteroatoms. The summed E-state index contributed by atoms with van der Waals surface area (Å²) in [6.45, 7) is -3.14. The Kier molecular flexibility index (Phi) is 6.92. The fraction of sp³-hybridized carbons (Fsp3) is 0.250. The average molecular weight is 440 g/mol. The molecule has 0 unspecified atom stereocenters. The summed E-state index contributed by atoms with van der Waals surface area (Å²) >= 11 is 0. The lowest BCUT2D eigenvalue weighted by Crippen LogP contribution is -2.45. The van der Waals surface area contributed by atoms with Crippen molar-refractivity contribution in [1.29, 1.82) is 0 Å². The summed E-state index contributed by atoms with van der Waals surface area (Å²) in [5, 5.41) is 6.84. The minimum absolute atomic E-state index is 0.00555. The first-order valence-corrected chi connectivity index (χ1v) is 9.75. The summed E-state index contributed by atoms with van der Waals surface area (Å²) in [5.74, 6) is -1.50. The van der Waals surface area contributed by atoms with Gasteiger partial charge in [0.25, 0.3) is 0 Å². The van der Waals surface area contributed by atoms with Crippen molar-refractivity contribution in [2.45, 2.75) is 23.9 Å². The highest BCUT2D eigenvalue weighted by atomic mass is 19.3. The largest absolute Gasteiger partial charge is 0.457 e. The molecule has 0 N–H and O–H groups in total. The van der Waals surface area contributed by atoms with Gasteiger partial charge in [0, 0.05) is 17.7 Å². The van der Waals surface area contributed by atoms with Crippen molar-refractivity contribution in [2.24, 2.45) is 0 Å². The smallest absolute Gasteiger partial charge is 0.387 e. The van der Waals surface area contributed by atoms with Gasteiger partial charge in [-0.05, 0) is 23.5 Å². The molecule has 0 fully saturated rings. The fourth-order valence-corrected chi connectivity index (χ4v) is 3.01. The lowest BCUT2D eigenvalue weighted by molar-refractivity contribution is -0.0521. The van der Waals surface area contributed by atoms with E-state index in [0.29, 0.717) is 17.1 Å². The highest BCUT2D eigenvalue weighted by Crippen LogP contribution is 2.23. The maximum Gasteiger partial charge on any atom is 0.387 e. The van der Waals surface area contributed by atoms with E-state index in [9.17, 15) is 13.2 Å². The lowest BCUT2D eigenvalue weighted by atomic mass is 9.50. The minimum Gasteiger partial charge on any atom is -0.457 e. The summed E-state index contributed by atoms with van der Waals surface area (Å²) in [6.07, 6.45) is 3.08. The summed E-state index contributed by atoms with van der Waals surface area (Å²) in [4.78, 5) is 8.52. The third-order valence-electron chi connectivity index (χ3n) is 4.10. The molecule has 0 aliphatic heterocycles. The number of ether oxygens (including phenoxy) is 3. The van der Waals surface area contributed by atoms with E-state index in [4.69, 9.17) is 9.47 Å². The number of nitrogens with zero attached hydrogens (tertiary/aromatic N) is 5. The van der Waals surface area contributed by atoms with Crippen molar-refractivity contribution >= 4 is 39.2 Å². The van der Waals surface area contributed by atoms with Crippen molar-refractivity contribution in [3.63, 3.8) is 0 Å². The van der Waals surface area contributed by atoms with Gasteiger partial charge in [0.15, 0.2) is 11.6 Å². The van der Waals surface area contributed by atoms with Crippen LogP contribution in [0.1, 0.15) is 11.4 Å². The Morgan fingerprint density at radius 2 is 1.84 bits per heavy atom. The molecule has 2 aromatic heterocycles. The van der Waals surface area contributed by atoms with Crippen LogP contribution in [0, 0.1) is 5.82 Å². The molecule has 32 heavy (non-hydrogen) atoms. The number of hydrogen-bond acceptors (Lipinski definition) is 7. The van der Waals surface area contributed by atoms with Crippen LogP contribution in [0.5, 0.6) is 11.8 Å². The molecule has 0 spiro atoms. The normalized spacial score (nSPS) is 12.1. The van der Waals surface area contributed by atoms with Crippen molar-refractivity contribution in [3.8, 4) is 17.4 Å². The van der Waals surface area contributed by atoms with Gasteiger partial charge in [-0.15, -0.1) is 5.10 Å². The van der Waals surface area contributed by atoms with Gasteiger partial charge in [0.1, 0.15) is 51.5 Å². The van der Waals surface area contributed by atoms with Gasteiger partial charge < -0.3 is 14.2 Å². The van der Waals surface area contributed by atoms with Crippen molar-refractivity contribution in [3.05, 3.63) is 53.9 Å². The number of aromatic nitrogens is 5. The molecule has 162 valence electrons. The Morgan fingerprint density at radius 1 is 1.09 bits per heavy atom.